The minimum atomic E-state index is -5.11. The summed E-state index contributed by atoms with van der Waals surface area (Å²) in [5.74, 6) is -2.91. The largest absolute Gasteiger partial charge is 0.471 e. The lowest BCUT2D eigenvalue weighted by Crippen LogP contribution is -2.43. The lowest BCUT2D eigenvalue weighted by molar-refractivity contribution is -0.186. The highest BCUT2D eigenvalue weighted by Gasteiger charge is 2.44. The molecule has 0 saturated heterocycles. The molecule has 0 aromatic heterocycles. The van der Waals surface area contributed by atoms with Crippen molar-refractivity contribution >= 4 is 15.9 Å². The summed E-state index contributed by atoms with van der Waals surface area (Å²) in [4.78, 5) is 11.3. The minimum Gasteiger partial charge on any atom is -0.330 e. The number of fused-ring (bicyclic) bond motifs is 1. The van der Waals surface area contributed by atoms with Gasteiger partial charge in [-0.05, 0) is 47.4 Å². The number of hydrogen-bond donors (Lipinski definition) is 1. The highest BCUT2D eigenvalue weighted by molar-refractivity contribution is 7.89. The molecule has 32 heavy (non-hydrogen) atoms. The van der Waals surface area contributed by atoms with Gasteiger partial charge in [0.25, 0.3) is 0 Å². The van der Waals surface area contributed by atoms with Crippen LogP contribution in [-0.2, 0) is 27.8 Å². The zero-order chi connectivity index (χ0) is 23.9. The third kappa shape index (κ3) is 5.21. The fraction of sp³-hybridized carbons (Fsp3) is 0.316. The zero-order valence-electron chi connectivity index (χ0n) is 16.0. The number of halogens is 7. The van der Waals surface area contributed by atoms with Crippen LogP contribution in [0.1, 0.15) is 22.7 Å². The lowest BCUT2D eigenvalue weighted by atomic mass is 10.00. The Balaban J connectivity index is 1.90. The second kappa shape index (κ2) is 8.35. The number of amides is 1. The van der Waals surface area contributed by atoms with Crippen LogP contribution >= 0.6 is 0 Å². The van der Waals surface area contributed by atoms with Gasteiger partial charge in [0.15, 0.2) is 0 Å². The van der Waals surface area contributed by atoms with Crippen molar-refractivity contribution in [3.63, 3.8) is 0 Å². The first-order valence-corrected chi connectivity index (χ1v) is 10.5. The predicted octanol–water partition coefficient (Wildman–Crippen LogP) is 3.85. The van der Waals surface area contributed by atoms with Gasteiger partial charge in [-0.25, -0.2) is 12.8 Å². The Morgan fingerprint density at radius 1 is 0.969 bits per heavy atom. The van der Waals surface area contributed by atoms with E-state index in [0.717, 1.165) is 36.4 Å². The maximum atomic E-state index is 13.5. The van der Waals surface area contributed by atoms with Gasteiger partial charge < -0.3 is 4.90 Å². The number of nitrogens with one attached hydrogen (secondary N) is 1. The van der Waals surface area contributed by atoms with Crippen molar-refractivity contribution in [1.29, 1.82) is 0 Å². The quantitative estimate of drug-likeness (QED) is 0.671. The molecule has 1 atom stereocenters. The average molecular weight is 484 g/mol. The molecular weight excluding hydrogens is 469 g/mol. The molecule has 0 radical (unpaired) electrons. The van der Waals surface area contributed by atoms with Crippen LogP contribution in [0.15, 0.2) is 47.4 Å². The van der Waals surface area contributed by atoms with E-state index in [2.05, 4.69) is 0 Å². The zero-order valence-corrected chi connectivity index (χ0v) is 16.8. The molecule has 0 saturated carbocycles. The summed E-state index contributed by atoms with van der Waals surface area (Å²) in [6, 6.07) is 3.60. The van der Waals surface area contributed by atoms with Crippen LogP contribution < -0.4 is 4.72 Å². The summed E-state index contributed by atoms with van der Waals surface area (Å²) in [6.45, 7) is -0.784. The number of nitrogens with zero attached hydrogens (tertiary/aromatic N) is 1. The third-order valence-electron chi connectivity index (χ3n) is 4.83. The van der Waals surface area contributed by atoms with E-state index in [1.165, 1.54) is 10.8 Å². The minimum absolute atomic E-state index is 0.0195. The first-order chi connectivity index (χ1) is 14.7. The second-order valence-corrected chi connectivity index (χ2v) is 8.77. The van der Waals surface area contributed by atoms with Crippen LogP contribution in [0, 0.1) is 5.82 Å². The first kappa shape index (κ1) is 24.0. The molecule has 0 spiro atoms. The number of sulfonamides is 1. The molecule has 0 bridgehead atoms. The fourth-order valence-electron chi connectivity index (χ4n) is 3.26. The van der Waals surface area contributed by atoms with E-state index < -0.39 is 57.1 Å². The van der Waals surface area contributed by atoms with Crippen LogP contribution in [0.25, 0.3) is 0 Å². The van der Waals surface area contributed by atoms with Crippen LogP contribution in [-0.4, -0.2) is 38.1 Å². The van der Waals surface area contributed by atoms with Crippen molar-refractivity contribution in [2.45, 2.75) is 36.3 Å². The number of hydrogen-bond acceptors (Lipinski definition) is 3. The molecule has 2 aromatic carbocycles. The van der Waals surface area contributed by atoms with E-state index in [9.17, 15) is 43.9 Å². The number of carbonyl (C=O) groups excluding carboxylic acids is 1. The van der Waals surface area contributed by atoms with E-state index in [-0.39, 0.29) is 18.5 Å². The lowest BCUT2D eigenvalue weighted by Gasteiger charge is -2.30. The highest BCUT2D eigenvalue weighted by atomic mass is 32.2. The van der Waals surface area contributed by atoms with E-state index in [0.29, 0.717) is 10.5 Å². The van der Waals surface area contributed by atoms with Crippen molar-refractivity contribution in [2.75, 3.05) is 6.54 Å². The summed E-state index contributed by atoms with van der Waals surface area (Å²) in [6.07, 6.45) is -10.2. The van der Waals surface area contributed by atoms with Gasteiger partial charge in [-0.2, -0.15) is 31.1 Å². The SMILES string of the molecule is O=C(N1CCc2ccc(S(=O)(=O)NC(c3ccc(F)cc3)C(F)(F)F)cc2C1)C(F)(F)F. The van der Waals surface area contributed by atoms with Gasteiger partial charge in [-0.15, -0.1) is 0 Å². The number of rotatable bonds is 4. The summed E-state index contributed by atoms with van der Waals surface area (Å²) in [5.41, 5.74) is -0.00877. The predicted molar refractivity (Wildman–Crippen MR) is 97.1 cm³/mol. The standard InChI is InChI=1S/C19H15F7N2O3S/c20-14-4-1-12(2-5-14)16(18(21,22)23)27-32(30,31)15-6-3-11-7-8-28(10-13(11)9-15)17(29)19(24,25)26/h1-6,9,16,27H,7-8,10H2. The van der Waals surface area contributed by atoms with Gasteiger partial charge in [-0.1, -0.05) is 18.2 Å². The van der Waals surface area contributed by atoms with E-state index >= 15 is 0 Å². The molecule has 13 heteroatoms. The monoisotopic (exact) mass is 484 g/mol. The van der Waals surface area contributed by atoms with Crippen molar-refractivity contribution in [2.24, 2.45) is 0 Å². The molecule has 1 unspecified atom stereocenters. The summed E-state index contributed by atoms with van der Waals surface area (Å²) in [5, 5.41) is 0. The van der Waals surface area contributed by atoms with E-state index in [1.54, 1.807) is 0 Å². The second-order valence-electron chi connectivity index (χ2n) is 7.05. The number of benzene rings is 2. The van der Waals surface area contributed by atoms with Gasteiger partial charge in [0.05, 0.1) is 4.90 Å². The Bertz CT molecular complexity index is 1110. The summed E-state index contributed by atoms with van der Waals surface area (Å²) in [7, 11) is -4.79. The molecule has 5 nitrogen and oxygen atoms in total. The van der Waals surface area contributed by atoms with Gasteiger partial charge in [0.2, 0.25) is 10.0 Å². The van der Waals surface area contributed by atoms with Gasteiger partial charge in [0.1, 0.15) is 11.9 Å². The Kier molecular flexibility index (Phi) is 6.26. The Hall–Kier alpha value is -2.67. The Morgan fingerprint density at radius 3 is 2.16 bits per heavy atom. The molecule has 3 rings (SSSR count). The molecule has 1 N–H and O–H groups in total. The van der Waals surface area contributed by atoms with E-state index in [1.807, 2.05) is 0 Å². The maximum absolute atomic E-state index is 13.5. The summed E-state index contributed by atoms with van der Waals surface area (Å²) >= 11 is 0. The van der Waals surface area contributed by atoms with Gasteiger partial charge >= 0.3 is 18.3 Å². The van der Waals surface area contributed by atoms with Gasteiger partial charge in [0, 0.05) is 13.1 Å². The normalized spacial score (nSPS) is 15.9. The maximum Gasteiger partial charge on any atom is 0.471 e. The van der Waals surface area contributed by atoms with Gasteiger partial charge in [-0.3, -0.25) is 4.79 Å². The van der Waals surface area contributed by atoms with Crippen LogP contribution in [0.5, 0.6) is 0 Å². The molecule has 1 amide bonds. The number of alkyl halides is 6. The van der Waals surface area contributed by atoms with Crippen molar-refractivity contribution in [3.8, 4) is 0 Å². The van der Waals surface area contributed by atoms with Crippen molar-refractivity contribution in [3.05, 3.63) is 65.0 Å². The van der Waals surface area contributed by atoms with Crippen LogP contribution in [0.2, 0.25) is 0 Å². The Labute approximate surface area is 177 Å². The molecule has 1 aliphatic heterocycles. The molecule has 0 fully saturated rings. The van der Waals surface area contributed by atoms with Crippen molar-refractivity contribution in [1.82, 2.24) is 9.62 Å². The summed E-state index contributed by atoms with van der Waals surface area (Å²) < 4.78 is 118. The molecule has 1 aliphatic rings. The van der Waals surface area contributed by atoms with Crippen molar-refractivity contribution < 1.29 is 43.9 Å². The molecular formula is C19H15F7N2O3S. The Morgan fingerprint density at radius 2 is 1.59 bits per heavy atom. The topological polar surface area (TPSA) is 66.5 Å². The first-order valence-electron chi connectivity index (χ1n) is 9.01. The average Bonchev–Trinajstić information content (AvgIpc) is 2.70. The highest BCUT2D eigenvalue weighted by Crippen LogP contribution is 2.34. The molecule has 2 aromatic rings. The van der Waals surface area contributed by atoms with Crippen LogP contribution in [0.3, 0.4) is 0 Å². The molecule has 174 valence electrons. The number of carbonyl (C=O) groups is 1. The fourth-order valence-corrected chi connectivity index (χ4v) is 4.52. The van der Waals surface area contributed by atoms with E-state index in [4.69, 9.17) is 0 Å². The van der Waals surface area contributed by atoms with Crippen LogP contribution in [0.4, 0.5) is 30.7 Å². The smallest absolute Gasteiger partial charge is 0.330 e. The molecule has 0 aliphatic carbocycles. The third-order valence-corrected chi connectivity index (χ3v) is 6.25. The molecule has 1 heterocycles.